The first-order valence-electron chi connectivity index (χ1n) is 8.08. The van der Waals surface area contributed by atoms with E-state index in [1.54, 1.807) is 0 Å². The molecule has 24 heavy (non-hydrogen) atoms. The second-order valence-electron chi connectivity index (χ2n) is 6.76. The molecule has 7 heteroatoms. The van der Waals surface area contributed by atoms with Gasteiger partial charge in [-0.2, -0.15) is 13.2 Å². The van der Waals surface area contributed by atoms with E-state index in [4.69, 9.17) is 5.73 Å². The predicted molar refractivity (Wildman–Crippen MR) is 88.0 cm³/mol. The molecule has 0 saturated heterocycles. The number of nitrogens with two attached hydrogens (primary N) is 1. The van der Waals surface area contributed by atoms with Crippen LogP contribution >= 0.6 is 12.4 Å². The van der Waals surface area contributed by atoms with Gasteiger partial charge in [0.2, 0.25) is 0 Å². The topological polar surface area (TPSA) is 55.1 Å². The molecule has 0 aromatic heterocycles. The van der Waals surface area contributed by atoms with E-state index >= 15 is 0 Å². The average Bonchev–Trinajstić information content (AvgIpc) is 2.47. The van der Waals surface area contributed by atoms with Gasteiger partial charge in [0.15, 0.2) is 0 Å². The first-order valence-corrected chi connectivity index (χ1v) is 8.08. The normalized spacial score (nSPS) is 29.5. The van der Waals surface area contributed by atoms with E-state index in [9.17, 15) is 18.0 Å². The smallest absolute Gasteiger partial charge is 0.349 e. The van der Waals surface area contributed by atoms with Gasteiger partial charge < -0.3 is 11.1 Å². The van der Waals surface area contributed by atoms with Crippen molar-refractivity contribution in [1.29, 1.82) is 0 Å². The molecule has 3 nitrogen and oxygen atoms in total. The standard InChI is InChI=1S/C17H21F3N2O.ClH/c18-17(19,20)13-6-2-5-12(7-13)16(23)22-15-10-3-1-4-11(15)9-14(21)8-10;/h2,5-7,10-11,14-15H,1,3-4,8-9,21H2,(H,22,23);1H. The third-order valence-electron chi connectivity index (χ3n) is 5.13. The summed E-state index contributed by atoms with van der Waals surface area (Å²) in [5.74, 6) is 0.257. The first kappa shape index (κ1) is 19.1. The van der Waals surface area contributed by atoms with Gasteiger partial charge in [0, 0.05) is 17.6 Å². The number of carbonyl (C=O) groups excluding carboxylic acids is 1. The molecular formula is C17H22ClF3N2O. The highest BCUT2D eigenvalue weighted by molar-refractivity contribution is 5.94. The van der Waals surface area contributed by atoms with Gasteiger partial charge >= 0.3 is 6.18 Å². The lowest BCUT2D eigenvalue weighted by atomic mass is 9.67. The van der Waals surface area contributed by atoms with E-state index < -0.39 is 17.6 Å². The molecule has 0 radical (unpaired) electrons. The van der Waals surface area contributed by atoms with Crippen LogP contribution in [-0.4, -0.2) is 18.0 Å². The highest BCUT2D eigenvalue weighted by atomic mass is 35.5. The molecule has 134 valence electrons. The molecule has 2 unspecified atom stereocenters. The molecule has 1 aromatic carbocycles. The summed E-state index contributed by atoms with van der Waals surface area (Å²) in [6.45, 7) is 0. The van der Waals surface area contributed by atoms with Gasteiger partial charge in [-0.1, -0.05) is 12.5 Å². The van der Waals surface area contributed by atoms with Gasteiger partial charge in [0.25, 0.3) is 5.91 Å². The quantitative estimate of drug-likeness (QED) is 0.841. The summed E-state index contributed by atoms with van der Waals surface area (Å²) in [5, 5.41) is 2.97. The number of hydrogen-bond acceptors (Lipinski definition) is 2. The SMILES string of the molecule is Cl.NC1CC2CCCC(C1)C2NC(=O)c1cccc(C(F)(F)F)c1. The molecule has 2 fully saturated rings. The fraction of sp³-hybridized carbons (Fsp3) is 0.588. The molecule has 3 N–H and O–H groups in total. The van der Waals surface area contributed by atoms with E-state index in [0.29, 0.717) is 11.8 Å². The van der Waals surface area contributed by atoms with Crippen molar-refractivity contribution in [3.8, 4) is 0 Å². The van der Waals surface area contributed by atoms with Crippen LogP contribution in [0.1, 0.15) is 48.0 Å². The van der Waals surface area contributed by atoms with Gasteiger partial charge in [-0.25, -0.2) is 0 Å². The summed E-state index contributed by atoms with van der Waals surface area (Å²) in [6.07, 6.45) is 0.506. The molecule has 1 aromatic rings. The largest absolute Gasteiger partial charge is 0.416 e. The second-order valence-corrected chi connectivity index (χ2v) is 6.76. The highest BCUT2D eigenvalue weighted by Crippen LogP contribution is 2.39. The first-order chi connectivity index (χ1) is 10.8. The van der Waals surface area contributed by atoms with E-state index in [1.165, 1.54) is 12.1 Å². The highest BCUT2D eigenvalue weighted by Gasteiger charge is 2.40. The van der Waals surface area contributed by atoms with Crippen molar-refractivity contribution in [2.75, 3.05) is 0 Å². The van der Waals surface area contributed by atoms with Crippen LogP contribution in [0.4, 0.5) is 13.2 Å². The number of rotatable bonds is 2. The molecular weight excluding hydrogens is 341 g/mol. The van der Waals surface area contributed by atoms with Crippen molar-refractivity contribution >= 4 is 18.3 Å². The molecule has 3 rings (SSSR count). The van der Waals surface area contributed by atoms with Gasteiger partial charge in [0.1, 0.15) is 0 Å². The van der Waals surface area contributed by atoms with Crippen LogP contribution in [0.5, 0.6) is 0 Å². The summed E-state index contributed by atoms with van der Waals surface area (Å²) in [7, 11) is 0. The Morgan fingerprint density at radius 1 is 1.17 bits per heavy atom. The fourth-order valence-corrected chi connectivity index (χ4v) is 4.10. The van der Waals surface area contributed by atoms with Gasteiger partial charge in [0.05, 0.1) is 5.56 Å². The monoisotopic (exact) mass is 362 g/mol. The summed E-state index contributed by atoms with van der Waals surface area (Å²) in [6, 6.07) is 4.80. The third kappa shape index (κ3) is 4.03. The van der Waals surface area contributed by atoms with Crippen LogP contribution in [0.25, 0.3) is 0 Å². The van der Waals surface area contributed by atoms with Crippen LogP contribution in [-0.2, 0) is 6.18 Å². The summed E-state index contributed by atoms with van der Waals surface area (Å²) in [5.41, 5.74) is 5.33. The number of hydrogen-bond donors (Lipinski definition) is 2. The molecule has 2 atom stereocenters. The van der Waals surface area contributed by atoms with Crippen LogP contribution < -0.4 is 11.1 Å². The van der Waals surface area contributed by atoms with Gasteiger partial charge in [-0.15, -0.1) is 12.4 Å². The number of benzene rings is 1. The Morgan fingerprint density at radius 3 is 2.38 bits per heavy atom. The second kappa shape index (κ2) is 7.31. The number of fused-ring (bicyclic) bond motifs is 2. The number of alkyl halides is 3. The summed E-state index contributed by atoms with van der Waals surface area (Å²) < 4.78 is 38.3. The maximum absolute atomic E-state index is 12.8. The minimum Gasteiger partial charge on any atom is -0.349 e. The maximum Gasteiger partial charge on any atom is 0.416 e. The van der Waals surface area contributed by atoms with Crippen molar-refractivity contribution in [3.63, 3.8) is 0 Å². The molecule has 2 saturated carbocycles. The number of halogens is 4. The van der Waals surface area contributed by atoms with Crippen molar-refractivity contribution in [2.24, 2.45) is 17.6 Å². The van der Waals surface area contributed by atoms with Crippen molar-refractivity contribution < 1.29 is 18.0 Å². The molecule has 0 aliphatic heterocycles. The lowest BCUT2D eigenvalue weighted by molar-refractivity contribution is -0.137. The van der Waals surface area contributed by atoms with E-state index in [-0.39, 0.29) is 30.1 Å². The Labute approximate surface area is 145 Å². The average molecular weight is 363 g/mol. The van der Waals surface area contributed by atoms with E-state index in [0.717, 1.165) is 44.2 Å². The van der Waals surface area contributed by atoms with Gasteiger partial charge in [-0.05, 0) is 55.7 Å². The molecule has 2 aliphatic rings. The Kier molecular flexibility index (Phi) is 5.81. The van der Waals surface area contributed by atoms with Gasteiger partial charge in [-0.3, -0.25) is 4.79 Å². The Bertz CT molecular complexity index is 579. The van der Waals surface area contributed by atoms with Crippen LogP contribution in [0, 0.1) is 11.8 Å². The minimum atomic E-state index is -4.44. The lowest BCUT2D eigenvalue weighted by Crippen LogP contribution is -2.53. The Balaban J connectivity index is 0.00000208. The van der Waals surface area contributed by atoms with Crippen LogP contribution in [0.3, 0.4) is 0 Å². The predicted octanol–water partition coefficient (Wildman–Crippen LogP) is 3.76. The molecule has 2 bridgehead atoms. The molecule has 1 amide bonds. The van der Waals surface area contributed by atoms with E-state index in [2.05, 4.69) is 5.32 Å². The zero-order valence-corrected chi connectivity index (χ0v) is 14.0. The fourth-order valence-electron chi connectivity index (χ4n) is 4.10. The molecule has 2 aliphatic carbocycles. The number of nitrogens with one attached hydrogen (secondary N) is 1. The van der Waals surface area contributed by atoms with Crippen molar-refractivity contribution in [2.45, 2.75) is 50.4 Å². The zero-order valence-electron chi connectivity index (χ0n) is 13.2. The van der Waals surface area contributed by atoms with Crippen molar-refractivity contribution in [1.82, 2.24) is 5.32 Å². The third-order valence-corrected chi connectivity index (χ3v) is 5.13. The summed E-state index contributed by atoms with van der Waals surface area (Å²) in [4.78, 5) is 12.4. The van der Waals surface area contributed by atoms with Crippen LogP contribution in [0.2, 0.25) is 0 Å². The van der Waals surface area contributed by atoms with Crippen molar-refractivity contribution in [3.05, 3.63) is 35.4 Å². The molecule has 0 heterocycles. The number of carbonyl (C=O) groups is 1. The zero-order chi connectivity index (χ0) is 16.6. The van der Waals surface area contributed by atoms with E-state index in [1.807, 2.05) is 0 Å². The molecule has 0 spiro atoms. The minimum absolute atomic E-state index is 0. The lowest BCUT2D eigenvalue weighted by Gasteiger charge is -2.45. The summed E-state index contributed by atoms with van der Waals surface area (Å²) >= 11 is 0. The Morgan fingerprint density at radius 2 is 1.79 bits per heavy atom. The maximum atomic E-state index is 12.8. The number of amides is 1. The van der Waals surface area contributed by atoms with Crippen LogP contribution in [0.15, 0.2) is 24.3 Å². The Hall–Kier alpha value is -1.27.